The summed E-state index contributed by atoms with van der Waals surface area (Å²) in [5, 5.41) is 0. The van der Waals surface area contributed by atoms with Gasteiger partial charge in [0.1, 0.15) is 5.78 Å². The molecule has 0 spiro atoms. The molecular weight excluding hydrogens is 388 g/mol. The van der Waals surface area contributed by atoms with Crippen molar-refractivity contribution in [1.82, 2.24) is 0 Å². The van der Waals surface area contributed by atoms with Gasteiger partial charge < -0.3 is 0 Å². The number of carbonyl (C=O) groups excluding carboxylic acids is 1. The molecule has 0 radical (unpaired) electrons. The molecule has 0 aromatic carbocycles. The van der Waals surface area contributed by atoms with Gasteiger partial charge in [0.05, 0.1) is 0 Å². The van der Waals surface area contributed by atoms with Gasteiger partial charge >= 0.3 is 0 Å². The minimum atomic E-state index is 0.420. The van der Waals surface area contributed by atoms with E-state index < -0.39 is 0 Å². The van der Waals surface area contributed by atoms with Crippen molar-refractivity contribution in [2.75, 3.05) is 0 Å². The lowest BCUT2D eigenvalue weighted by atomic mass is 9.59. The average Bonchev–Trinajstić information content (AvgIpc) is 2.86. The van der Waals surface area contributed by atoms with Crippen molar-refractivity contribution in [1.29, 1.82) is 0 Å². The number of hydrogen-bond donors (Lipinski definition) is 0. The van der Waals surface area contributed by atoms with E-state index in [0.717, 1.165) is 29.5 Å². The Balaban J connectivity index is 1.55. The molecule has 4 aliphatic rings. The van der Waals surface area contributed by atoms with Crippen molar-refractivity contribution in [3.05, 3.63) is 0 Å². The first-order valence-electron chi connectivity index (χ1n) is 15.2. The van der Waals surface area contributed by atoms with E-state index in [0.29, 0.717) is 23.7 Å². The van der Waals surface area contributed by atoms with E-state index in [4.69, 9.17) is 0 Å². The van der Waals surface area contributed by atoms with Gasteiger partial charge in [-0.1, -0.05) is 90.9 Å². The van der Waals surface area contributed by atoms with Crippen molar-refractivity contribution in [2.24, 2.45) is 47.3 Å². The summed E-state index contributed by atoms with van der Waals surface area (Å²) < 4.78 is 0. The van der Waals surface area contributed by atoms with Crippen LogP contribution < -0.4 is 0 Å². The van der Waals surface area contributed by atoms with E-state index >= 15 is 0 Å². The monoisotopic (exact) mass is 442 g/mol. The number of Topliss-reactive ketones (excluding diaryl/α,β-unsaturated/α-hetero) is 1. The van der Waals surface area contributed by atoms with Crippen LogP contribution in [-0.2, 0) is 4.79 Å². The van der Waals surface area contributed by atoms with Crippen LogP contribution in [0.3, 0.4) is 0 Å². The van der Waals surface area contributed by atoms with Gasteiger partial charge in [-0.25, -0.2) is 0 Å². The molecule has 4 fully saturated rings. The molecule has 2 atom stereocenters. The maximum Gasteiger partial charge on any atom is 0.140 e. The van der Waals surface area contributed by atoms with Crippen LogP contribution in [0.4, 0.5) is 0 Å². The van der Waals surface area contributed by atoms with E-state index in [2.05, 4.69) is 13.8 Å². The molecular formula is C31H54O. The summed E-state index contributed by atoms with van der Waals surface area (Å²) in [4.78, 5) is 14.7. The first-order chi connectivity index (χ1) is 15.7. The zero-order valence-electron chi connectivity index (χ0n) is 21.7. The minimum absolute atomic E-state index is 0.420. The fraction of sp³-hybridized carbons (Fsp3) is 0.968. The summed E-state index contributed by atoms with van der Waals surface area (Å²) in [6, 6.07) is 0. The van der Waals surface area contributed by atoms with Gasteiger partial charge in [0.2, 0.25) is 0 Å². The number of hydrogen-bond acceptors (Lipinski definition) is 1. The Morgan fingerprint density at radius 1 is 0.500 bits per heavy atom. The highest BCUT2D eigenvalue weighted by molar-refractivity contribution is 5.84. The van der Waals surface area contributed by atoms with Crippen LogP contribution >= 0.6 is 0 Å². The summed E-state index contributed by atoms with van der Waals surface area (Å²) >= 11 is 0. The van der Waals surface area contributed by atoms with Crippen LogP contribution in [0.5, 0.6) is 0 Å². The summed E-state index contributed by atoms with van der Waals surface area (Å²) in [6.07, 6.45) is 27.4. The molecule has 1 heteroatoms. The molecule has 1 nitrogen and oxygen atoms in total. The number of rotatable bonds is 8. The third-order valence-electron chi connectivity index (χ3n) is 10.9. The Morgan fingerprint density at radius 2 is 0.812 bits per heavy atom. The zero-order valence-corrected chi connectivity index (χ0v) is 21.7. The van der Waals surface area contributed by atoms with Crippen molar-refractivity contribution in [2.45, 2.75) is 142 Å². The van der Waals surface area contributed by atoms with Crippen molar-refractivity contribution in [3.63, 3.8) is 0 Å². The third-order valence-corrected chi connectivity index (χ3v) is 10.9. The van der Waals surface area contributed by atoms with E-state index in [1.807, 2.05) is 0 Å². The molecule has 2 unspecified atom stereocenters. The molecule has 0 bridgehead atoms. The molecule has 0 N–H and O–H groups in total. The van der Waals surface area contributed by atoms with E-state index in [-0.39, 0.29) is 0 Å². The predicted molar refractivity (Wildman–Crippen MR) is 137 cm³/mol. The second-order valence-corrected chi connectivity index (χ2v) is 12.6. The number of ketones is 1. The lowest BCUT2D eigenvalue weighted by molar-refractivity contribution is -0.137. The van der Waals surface area contributed by atoms with Gasteiger partial charge in [0.25, 0.3) is 0 Å². The standard InChI is InChI=1S/C31H54O/c1-3-23-15-19-27(20-16-23)29(25-11-7-5-8-12-25)31(32)30(26-13-9-6-10-14-26)28-21-17-24(4-2)18-22-28/h23-30H,3-22H2,1-2H3/t23-,24-,27-,28-,29?,30?. The van der Waals surface area contributed by atoms with Gasteiger partial charge in [-0.05, 0) is 86.9 Å². The van der Waals surface area contributed by atoms with Gasteiger partial charge in [0, 0.05) is 11.8 Å². The Kier molecular flexibility index (Phi) is 9.60. The molecule has 0 aliphatic heterocycles. The first-order valence-corrected chi connectivity index (χ1v) is 15.2. The van der Waals surface area contributed by atoms with E-state index in [1.54, 1.807) is 0 Å². The normalized spacial score (nSPS) is 35.3. The molecule has 4 aliphatic carbocycles. The summed E-state index contributed by atoms with van der Waals surface area (Å²) in [7, 11) is 0. The summed E-state index contributed by atoms with van der Waals surface area (Å²) in [5.41, 5.74) is 0. The average molecular weight is 443 g/mol. The molecule has 0 aromatic heterocycles. The lowest BCUT2D eigenvalue weighted by Crippen LogP contribution is -2.43. The number of carbonyl (C=O) groups is 1. The fourth-order valence-corrected chi connectivity index (χ4v) is 8.82. The molecule has 4 saturated carbocycles. The molecule has 32 heavy (non-hydrogen) atoms. The molecule has 184 valence electrons. The maximum atomic E-state index is 14.7. The largest absolute Gasteiger partial charge is 0.299 e. The van der Waals surface area contributed by atoms with Crippen LogP contribution in [0, 0.1) is 47.3 Å². The van der Waals surface area contributed by atoms with Crippen LogP contribution in [0.1, 0.15) is 142 Å². The highest BCUT2D eigenvalue weighted by Crippen LogP contribution is 2.48. The zero-order chi connectivity index (χ0) is 22.3. The maximum absolute atomic E-state index is 14.7. The molecule has 4 rings (SSSR count). The second-order valence-electron chi connectivity index (χ2n) is 12.6. The van der Waals surface area contributed by atoms with E-state index in [1.165, 1.54) is 128 Å². The van der Waals surface area contributed by atoms with Crippen LogP contribution in [0.2, 0.25) is 0 Å². The molecule has 0 heterocycles. The third kappa shape index (κ3) is 6.02. The Hall–Kier alpha value is -0.330. The quantitative estimate of drug-likeness (QED) is 0.366. The first kappa shape index (κ1) is 24.8. The van der Waals surface area contributed by atoms with Crippen molar-refractivity contribution >= 4 is 5.78 Å². The Morgan fingerprint density at radius 3 is 1.12 bits per heavy atom. The smallest absolute Gasteiger partial charge is 0.140 e. The second kappa shape index (κ2) is 12.4. The van der Waals surface area contributed by atoms with Crippen molar-refractivity contribution < 1.29 is 4.79 Å². The topological polar surface area (TPSA) is 17.1 Å². The molecule has 0 aromatic rings. The Labute approximate surface area is 200 Å². The fourth-order valence-electron chi connectivity index (χ4n) is 8.82. The SMILES string of the molecule is CC[C@H]1CC[C@H](C(C(=O)C(C2CCCCC2)[C@H]2CC[C@H](CC)CC2)C2CCCCC2)CC1. The molecule has 0 amide bonds. The predicted octanol–water partition coefficient (Wildman–Crippen LogP) is 9.38. The van der Waals surface area contributed by atoms with Crippen LogP contribution in [0.15, 0.2) is 0 Å². The summed E-state index contributed by atoms with van der Waals surface area (Å²) in [5.74, 6) is 6.39. The lowest BCUT2D eigenvalue weighted by Gasteiger charge is -2.44. The van der Waals surface area contributed by atoms with E-state index in [9.17, 15) is 4.79 Å². The van der Waals surface area contributed by atoms with Crippen LogP contribution in [0.25, 0.3) is 0 Å². The highest BCUT2D eigenvalue weighted by Gasteiger charge is 2.45. The minimum Gasteiger partial charge on any atom is -0.299 e. The van der Waals surface area contributed by atoms with Gasteiger partial charge in [-0.3, -0.25) is 4.79 Å². The Bertz CT molecular complexity index is 491. The summed E-state index contributed by atoms with van der Waals surface area (Å²) in [6.45, 7) is 4.75. The van der Waals surface area contributed by atoms with Crippen molar-refractivity contribution in [3.8, 4) is 0 Å². The van der Waals surface area contributed by atoms with Gasteiger partial charge in [-0.15, -0.1) is 0 Å². The van der Waals surface area contributed by atoms with Gasteiger partial charge in [-0.2, -0.15) is 0 Å². The van der Waals surface area contributed by atoms with Gasteiger partial charge in [0.15, 0.2) is 0 Å². The highest BCUT2D eigenvalue weighted by atomic mass is 16.1. The molecule has 0 saturated heterocycles. The van der Waals surface area contributed by atoms with Crippen LogP contribution in [-0.4, -0.2) is 5.78 Å².